The van der Waals surface area contributed by atoms with E-state index in [9.17, 15) is 0 Å². The van der Waals surface area contributed by atoms with E-state index in [0.29, 0.717) is 0 Å². The molecular formula is C18H28IN5O. The predicted octanol–water partition coefficient (Wildman–Crippen LogP) is 3.04. The standard InChI is InChI=1S/C18H27N5O.HI/c1-15(2)24-17-8-6-16(7-9-17)14-21-18(19-3)20-10-4-12-23-13-5-11-22-23;/h5-9,11,13,15H,4,10,12,14H2,1-3H3,(H2,19,20,21);1H. The smallest absolute Gasteiger partial charge is 0.191 e. The van der Waals surface area contributed by atoms with E-state index >= 15 is 0 Å². The van der Waals surface area contributed by atoms with Gasteiger partial charge in [0.25, 0.3) is 0 Å². The van der Waals surface area contributed by atoms with Gasteiger partial charge in [0.2, 0.25) is 0 Å². The van der Waals surface area contributed by atoms with Gasteiger partial charge in [-0.25, -0.2) is 0 Å². The van der Waals surface area contributed by atoms with Crippen molar-refractivity contribution in [1.82, 2.24) is 20.4 Å². The van der Waals surface area contributed by atoms with Gasteiger partial charge < -0.3 is 15.4 Å². The zero-order valence-electron chi connectivity index (χ0n) is 15.1. The van der Waals surface area contributed by atoms with E-state index in [4.69, 9.17) is 4.74 Å². The maximum Gasteiger partial charge on any atom is 0.191 e. The van der Waals surface area contributed by atoms with Gasteiger partial charge in [-0.05, 0) is 44.0 Å². The highest BCUT2D eigenvalue weighted by molar-refractivity contribution is 14.0. The van der Waals surface area contributed by atoms with Crippen LogP contribution in [0.15, 0.2) is 47.7 Å². The fraction of sp³-hybridized carbons (Fsp3) is 0.444. The molecule has 0 unspecified atom stereocenters. The van der Waals surface area contributed by atoms with Gasteiger partial charge in [-0.1, -0.05) is 12.1 Å². The molecule has 0 aliphatic heterocycles. The lowest BCUT2D eigenvalue weighted by molar-refractivity contribution is 0.242. The third-order valence-corrected chi connectivity index (χ3v) is 3.39. The monoisotopic (exact) mass is 457 g/mol. The summed E-state index contributed by atoms with van der Waals surface area (Å²) in [5.41, 5.74) is 1.19. The molecule has 0 radical (unpaired) electrons. The summed E-state index contributed by atoms with van der Waals surface area (Å²) >= 11 is 0. The number of benzene rings is 1. The first-order valence-electron chi connectivity index (χ1n) is 8.35. The van der Waals surface area contributed by atoms with Gasteiger partial charge in [-0.15, -0.1) is 24.0 Å². The third-order valence-electron chi connectivity index (χ3n) is 3.39. The van der Waals surface area contributed by atoms with Crippen LogP contribution in [0.3, 0.4) is 0 Å². The molecule has 2 N–H and O–H groups in total. The van der Waals surface area contributed by atoms with Gasteiger partial charge >= 0.3 is 0 Å². The van der Waals surface area contributed by atoms with Crippen LogP contribution < -0.4 is 15.4 Å². The summed E-state index contributed by atoms with van der Waals surface area (Å²) < 4.78 is 7.58. The zero-order chi connectivity index (χ0) is 17.2. The molecule has 0 atom stereocenters. The number of nitrogens with zero attached hydrogens (tertiary/aromatic N) is 3. The first kappa shape index (κ1) is 21.3. The number of halogens is 1. The van der Waals surface area contributed by atoms with Crippen molar-refractivity contribution in [3.05, 3.63) is 48.3 Å². The lowest BCUT2D eigenvalue weighted by Gasteiger charge is -2.13. The second-order valence-electron chi connectivity index (χ2n) is 5.79. The van der Waals surface area contributed by atoms with Crippen molar-refractivity contribution in [2.24, 2.45) is 4.99 Å². The van der Waals surface area contributed by atoms with Crippen molar-refractivity contribution < 1.29 is 4.74 Å². The number of aromatic nitrogens is 2. The molecule has 0 saturated carbocycles. The minimum Gasteiger partial charge on any atom is -0.491 e. The topological polar surface area (TPSA) is 63.5 Å². The van der Waals surface area contributed by atoms with E-state index in [1.807, 2.05) is 42.9 Å². The van der Waals surface area contributed by atoms with Crippen LogP contribution in [0, 0.1) is 0 Å². The van der Waals surface area contributed by atoms with Crippen LogP contribution in [0.5, 0.6) is 5.75 Å². The molecule has 0 aliphatic carbocycles. The Bertz CT molecular complexity index is 611. The number of guanidine groups is 1. The molecule has 0 aliphatic rings. The lowest BCUT2D eigenvalue weighted by Crippen LogP contribution is -2.37. The van der Waals surface area contributed by atoms with Gasteiger partial charge in [0.05, 0.1) is 6.10 Å². The van der Waals surface area contributed by atoms with Crippen LogP contribution in [0.25, 0.3) is 0 Å². The van der Waals surface area contributed by atoms with Crippen LogP contribution >= 0.6 is 24.0 Å². The van der Waals surface area contributed by atoms with Gasteiger partial charge in [0.15, 0.2) is 5.96 Å². The minimum absolute atomic E-state index is 0. The molecule has 0 saturated heterocycles. The Hall–Kier alpha value is -1.77. The highest BCUT2D eigenvalue weighted by atomic mass is 127. The average Bonchev–Trinajstić information content (AvgIpc) is 3.08. The summed E-state index contributed by atoms with van der Waals surface area (Å²) in [5, 5.41) is 10.8. The number of nitrogens with one attached hydrogen (secondary N) is 2. The number of hydrogen-bond acceptors (Lipinski definition) is 3. The summed E-state index contributed by atoms with van der Waals surface area (Å²) in [7, 11) is 1.78. The molecule has 25 heavy (non-hydrogen) atoms. The molecular weight excluding hydrogens is 429 g/mol. The van der Waals surface area contributed by atoms with Gasteiger partial charge in [0.1, 0.15) is 5.75 Å². The van der Waals surface area contributed by atoms with Crippen molar-refractivity contribution in [2.45, 2.75) is 39.5 Å². The Labute approximate surface area is 167 Å². The van der Waals surface area contributed by atoms with E-state index in [2.05, 4.69) is 32.9 Å². The highest BCUT2D eigenvalue weighted by Crippen LogP contribution is 2.13. The molecule has 1 aromatic heterocycles. The minimum atomic E-state index is 0. The van der Waals surface area contributed by atoms with Crippen molar-refractivity contribution in [3.8, 4) is 5.75 Å². The van der Waals surface area contributed by atoms with Crippen molar-refractivity contribution in [1.29, 1.82) is 0 Å². The molecule has 0 fully saturated rings. The molecule has 138 valence electrons. The fourth-order valence-corrected chi connectivity index (χ4v) is 2.25. The molecule has 0 amide bonds. The fourth-order valence-electron chi connectivity index (χ4n) is 2.25. The van der Waals surface area contributed by atoms with Crippen molar-refractivity contribution in [2.75, 3.05) is 13.6 Å². The predicted molar refractivity (Wildman–Crippen MR) is 113 cm³/mol. The summed E-state index contributed by atoms with van der Waals surface area (Å²) in [6, 6.07) is 10.1. The van der Waals surface area contributed by atoms with Crippen LogP contribution in [-0.4, -0.2) is 35.4 Å². The maximum atomic E-state index is 5.65. The van der Waals surface area contributed by atoms with Crippen molar-refractivity contribution in [3.63, 3.8) is 0 Å². The Morgan fingerprint density at radius 3 is 2.60 bits per heavy atom. The molecule has 0 spiro atoms. The number of aliphatic imine (C=N–C) groups is 1. The van der Waals surface area contributed by atoms with Crippen LogP contribution in [0.2, 0.25) is 0 Å². The Kier molecular flexibility index (Phi) is 9.98. The highest BCUT2D eigenvalue weighted by Gasteiger charge is 2.00. The lowest BCUT2D eigenvalue weighted by atomic mass is 10.2. The Morgan fingerprint density at radius 1 is 1.24 bits per heavy atom. The average molecular weight is 457 g/mol. The molecule has 2 aromatic rings. The Morgan fingerprint density at radius 2 is 2.00 bits per heavy atom. The van der Waals surface area contributed by atoms with Gasteiger partial charge in [0, 0.05) is 39.1 Å². The van der Waals surface area contributed by atoms with E-state index in [0.717, 1.165) is 37.8 Å². The molecule has 6 nitrogen and oxygen atoms in total. The molecule has 7 heteroatoms. The third kappa shape index (κ3) is 8.24. The number of aryl methyl sites for hydroxylation is 1. The molecule has 2 rings (SSSR count). The number of ether oxygens (including phenoxy) is 1. The van der Waals surface area contributed by atoms with E-state index in [-0.39, 0.29) is 30.1 Å². The maximum absolute atomic E-state index is 5.65. The first-order chi connectivity index (χ1) is 11.7. The summed E-state index contributed by atoms with van der Waals surface area (Å²) in [6.45, 7) is 6.52. The normalized spacial score (nSPS) is 11.1. The molecule has 1 heterocycles. The number of hydrogen-bond donors (Lipinski definition) is 2. The molecule has 1 aromatic carbocycles. The van der Waals surface area contributed by atoms with Crippen LogP contribution in [0.4, 0.5) is 0 Å². The zero-order valence-corrected chi connectivity index (χ0v) is 17.4. The quantitative estimate of drug-likeness (QED) is 0.277. The van der Waals surface area contributed by atoms with E-state index in [1.165, 1.54) is 5.56 Å². The largest absolute Gasteiger partial charge is 0.491 e. The van der Waals surface area contributed by atoms with Gasteiger partial charge in [-0.2, -0.15) is 5.10 Å². The van der Waals surface area contributed by atoms with E-state index in [1.54, 1.807) is 13.2 Å². The number of rotatable bonds is 8. The van der Waals surface area contributed by atoms with Crippen LogP contribution in [0.1, 0.15) is 25.8 Å². The summed E-state index contributed by atoms with van der Waals surface area (Å²) in [5.74, 6) is 1.70. The summed E-state index contributed by atoms with van der Waals surface area (Å²) in [6.07, 6.45) is 4.95. The Balaban J connectivity index is 0.00000312. The van der Waals surface area contributed by atoms with Crippen LogP contribution in [-0.2, 0) is 13.1 Å². The summed E-state index contributed by atoms with van der Waals surface area (Å²) in [4.78, 5) is 4.24. The molecule has 0 bridgehead atoms. The first-order valence-corrected chi connectivity index (χ1v) is 8.35. The van der Waals surface area contributed by atoms with Gasteiger partial charge in [-0.3, -0.25) is 9.67 Å². The SMILES string of the molecule is CN=C(NCCCn1cccn1)NCc1ccc(OC(C)C)cc1.I. The van der Waals surface area contributed by atoms with Crippen molar-refractivity contribution >= 4 is 29.9 Å². The second kappa shape index (κ2) is 11.7. The van der Waals surface area contributed by atoms with E-state index < -0.39 is 0 Å². The second-order valence-corrected chi connectivity index (χ2v) is 5.79.